The van der Waals surface area contributed by atoms with Gasteiger partial charge in [0.2, 0.25) is 0 Å². The van der Waals surface area contributed by atoms with Crippen molar-refractivity contribution in [2.24, 2.45) is 0 Å². The van der Waals surface area contributed by atoms with Gasteiger partial charge in [0.15, 0.2) is 5.58 Å². The number of nitrogens with one attached hydrogen (secondary N) is 1. The topological polar surface area (TPSA) is 94.6 Å². The van der Waals surface area contributed by atoms with E-state index in [1.807, 2.05) is 6.92 Å². The minimum absolute atomic E-state index is 0.204. The molecule has 0 bridgehead atoms. The molecule has 0 aliphatic heterocycles. The summed E-state index contributed by atoms with van der Waals surface area (Å²) in [4.78, 5) is 23.1. The fourth-order valence-electron chi connectivity index (χ4n) is 1.92. The van der Waals surface area contributed by atoms with Gasteiger partial charge in [-0.25, -0.2) is 9.59 Å². The van der Waals surface area contributed by atoms with E-state index in [4.69, 9.17) is 14.9 Å². The smallest absolute Gasteiger partial charge is 0.411 e. The van der Waals surface area contributed by atoms with Gasteiger partial charge in [-0.2, -0.15) is 0 Å². The molecule has 0 aliphatic carbocycles. The summed E-state index contributed by atoms with van der Waals surface area (Å²) in [5.74, 6) is 0. The molecular weight excluding hydrogens is 260 g/mol. The van der Waals surface area contributed by atoms with E-state index in [1.54, 1.807) is 26.0 Å². The second-order valence-corrected chi connectivity index (χ2v) is 4.39. The van der Waals surface area contributed by atoms with Crippen LogP contribution in [0.25, 0.3) is 11.0 Å². The van der Waals surface area contributed by atoms with Crippen molar-refractivity contribution >= 4 is 28.4 Å². The van der Waals surface area contributed by atoms with E-state index in [2.05, 4.69) is 5.32 Å². The molecular formula is C14H16N2O4. The fourth-order valence-corrected chi connectivity index (χ4v) is 1.92. The lowest BCUT2D eigenvalue weighted by molar-refractivity contribution is 0.168. The molecule has 1 amide bonds. The molecule has 0 aliphatic rings. The first-order valence-electron chi connectivity index (χ1n) is 6.22. The van der Waals surface area contributed by atoms with Crippen molar-refractivity contribution in [2.45, 2.75) is 20.8 Å². The van der Waals surface area contributed by atoms with Gasteiger partial charge in [-0.05, 0) is 38.5 Å². The zero-order valence-corrected chi connectivity index (χ0v) is 11.6. The third kappa shape index (κ3) is 2.32. The van der Waals surface area contributed by atoms with Gasteiger partial charge in [-0.1, -0.05) is 0 Å². The molecule has 3 N–H and O–H groups in total. The number of amides is 1. The number of carbonyl (C=O) groups excluding carboxylic acids is 1. The Morgan fingerprint density at radius 3 is 2.70 bits per heavy atom. The molecule has 0 radical (unpaired) electrons. The van der Waals surface area contributed by atoms with Gasteiger partial charge in [0.1, 0.15) is 0 Å². The number of ether oxygens (including phenoxy) is 1. The number of hydrogen-bond donors (Lipinski definition) is 2. The number of rotatable bonds is 2. The monoisotopic (exact) mass is 276 g/mol. The minimum Gasteiger partial charge on any atom is -0.450 e. The van der Waals surface area contributed by atoms with Crippen LogP contribution in [0.4, 0.5) is 16.2 Å². The zero-order valence-electron chi connectivity index (χ0n) is 11.6. The van der Waals surface area contributed by atoms with Gasteiger partial charge < -0.3 is 14.9 Å². The summed E-state index contributed by atoms with van der Waals surface area (Å²) in [6, 6.07) is 3.40. The van der Waals surface area contributed by atoms with E-state index in [-0.39, 0.29) is 17.9 Å². The molecule has 1 heterocycles. The Morgan fingerprint density at radius 1 is 1.35 bits per heavy atom. The summed E-state index contributed by atoms with van der Waals surface area (Å²) in [5.41, 5.74) is 7.69. The van der Waals surface area contributed by atoms with Crippen molar-refractivity contribution in [3.05, 3.63) is 33.7 Å². The minimum atomic E-state index is -0.607. The largest absolute Gasteiger partial charge is 0.450 e. The average molecular weight is 276 g/mol. The van der Waals surface area contributed by atoms with E-state index >= 15 is 0 Å². The van der Waals surface area contributed by atoms with Crippen molar-refractivity contribution in [3.63, 3.8) is 0 Å². The molecule has 0 saturated carbocycles. The van der Waals surface area contributed by atoms with Crippen LogP contribution in [0.15, 0.2) is 21.3 Å². The normalized spacial score (nSPS) is 10.6. The number of nitrogen functional groups attached to an aromatic ring is 1. The Hall–Kier alpha value is -2.50. The first kappa shape index (κ1) is 13.9. The number of anilines is 2. The lowest BCUT2D eigenvalue weighted by Gasteiger charge is -2.11. The Morgan fingerprint density at radius 2 is 2.05 bits per heavy atom. The van der Waals surface area contributed by atoms with Crippen molar-refractivity contribution in [2.75, 3.05) is 17.7 Å². The predicted octanol–water partition coefficient (Wildman–Crippen LogP) is 2.56. The maximum Gasteiger partial charge on any atom is 0.411 e. The molecule has 20 heavy (non-hydrogen) atoms. The Kier molecular flexibility index (Phi) is 3.65. The predicted molar refractivity (Wildman–Crippen MR) is 77.0 cm³/mol. The lowest BCUT2D eigenvalue weighted by atomic mass is 10.1. The quantitative estimate of drug-likeness (QED) is 0.649. The SMILES string of the molecule is CCOC(=O)Nc1ccc2c(C)c(C)c(=O)oc2c1N. The second kappa shape index (κ2) is 5.24. The summed E-state index contributed by atoms with van der Waals surface area (Å²) < 4.78 is 10.00. The van der Waals surface area contributed by atoms with E-state index < -0.39 is 11.7 Å². The number of carbonyl (C=O) groups is 1. The Bertz CT molecular complexity index is 734. The number of aryl methyl sites for hydroxylation is 1. The summed E-state index contributed by atoms with van der Waals surface area (Å²) in [5, 5.41) is 3.25. The number of benzene rings is 1. The third-order valence-electron chi connectivity index (χ3n) is 3.18. The van der Waals surface area contributed by atoms with Crippen LogP contribution >= 0.6 is 0 Å². The van der Waals surface area contributed by atoms with Crippen LogP contribution in [0.1, 0.15) is 18.1 Å². The molecule has 0 spiro atoms. The highest BCUT2D eigenvalue weighted by molar-refractivity contribution is 6.00. The molecule has 1 aromatic carbocycles. The van der Waals surface area contributed by atoms with Gasteiger partial charge >= 0.3 is 11.7 Å². The van der Waals surface area contributed by atoms with Crippen LogP contribution in [0.2, 0.25) is 0 Å². The second-order valence-electron chi connectivity index (χ2n) is 4.39. The molecule has 6 heteroatoms. The molecule has 0 atom stereocenters. The first-order chi connectivity index (χ1) is 9.45. The van der Waals surface area contributed by atoms with Crippen LogP contribution in [0.5, 0.6) is 0 Å². The fraction of sp³-hybridized carbons (Fsp3) is 0.286. The van der Waals surface area contributed by atoms with Crippen molar-refractivity contribution in [1.82, 2.24) is 0 Å². The first-order valence-corrected chi connectivity index (χ1v) is 6.22. The maximum absolute atomic E-state index is 11.7. The molecule has 0 fully saturated rings. The average Bonchev–Trinajstić information content (AvgIpc) is 2.40. The standard InChI is InChI=1S/C14H16N2O4/c1-4-19-14(18)16-10-6-5-9-7(2)8(3)13(17)20-12(9)11(10)15/h5-6H,4,15H2,1-3H3,(H,16,18). The molecule has 0 unspecified atom stereocenters. The van der Waals surface area contributed by atoms with Crippen LogP contribution in [0.3, 0.4) is 0 Å². The van der Waals surface area contributed by atoms with Gasteiger partial charge in [0.25, 0.3) is 0 Å². The third-order valence-corrected chi connectivity index (χ3v) is 3.18. The highest BCUT2D eigenvalue weighted by atomic mass is 16.5. The molecule has 6 nitrogen and oxygen atoms in total. The van der Waals surface area contributed by atoms with E-state index in [0.29, 0.717) is 11.3 Å². The zero-order chi connectivity index (χ0) is 14.9. The van der Waals surface area contributed by atoms with Crippen molar-refractivity contribution in [3.8, 4) is 0 Å². The van der Waals surface area contributed by atoms with Crippen LogP contribution in [0, 0.1) is 13.8 Å². The van der Waals surface area contributed by atoms with Crippen LogP contribution < -0.4 is 16.7 Å². The number of hydrogen-bond acceptors (Lipinski definition) is 5. The van der Waals surface area contributed by atoms with Crippen LogP contribution in [-0.4, -0.2) is 12.7 Å². The van der Waals surface area contributed by atoms with Crippen molar-refractivity contribution < 1.29 is 13.9 Å². The molecule has 106 valence electrons. The van der Waals surface area contributed by atoms with Gasteiger partial charge in [0.05, 0.1) is 18.0 Å². The maximum atomic E-state index is 11.7. The highest BCUT2D eigenvalue weighted by Gasteiger charge is 2.14. The molecule has 2 rings (SSSR count). The summed E-state index contributed by atoms with van der Waals surface area (Å²) >= 11 is 0. The molecule has 2 aromatic rings. The number of nitrogens with two attached hydrogens (primary N) is 1. The Labute approximate surface area is 115 Å². The van der Waals surface area contributed by atoms with Gasteiger partial charge in [0, 0.05) is 10.9 Å². The van der Waals surface area contributed by atoms with Crippen LogP contribution in [-0.2, 0) is 4.74 Å². The molecule has 1 aromatic heterocycles. The highest BCUT2D eigenvalue weighted by Crippen LogP contribution is 2.30. The van der Waals surface area contributed by atoms with E-state index in [1.165, 1.54) is 0 Å². The molecule has 0 saturated heterocycles. The van der Waals surface area contributed by atoms with Crippen molar-refractivity contribution in [1.29, 1.82) is 0 Å². The van der Waals surface area contributed by atoms with Gasteiger partial charge in [-0.3, -0.25) is 5.32 Å². The Balaban J connectivity index is 2.57. The van der Waals surface area contributed by atoms with Gasteiger partial charge in [-0.15, -0.1) is 0 Å². The summed E-state index contributed by atoms with van der Waals surface area (Å²) in [6.07, 6.45) is -0.607. The van der Waals surface area contributed by atoms with E-state index in [0.717, 1.165) is 10.9 Å². The lowest BCUT2D eigenvalue weighted by Crippen LogP contribution is -2.15. The summed E-state index contributed by atoms with van der Waals surface area (Å²) in [6.45, 7) is 5.48. The summed E-state index contributed by atoms with van der Waals surface area (Å²) in [7, 11) is 0. The van der Waals surface area contributed by atoms with E-state index in [9.17, 15) is 9.59 Å². The number of fused-ring (bicyclic) bond motifs is 1.